The van der Waals surface area contributed by atoms with Gasteiger partial charge in [-0.3, -0.25) is 0 Å². The van der Waals surface area contributed by atoms with Crippen LogP contribution in [0.5, 0.6) is 0 Å². The van der Waals surface area contributed by atoms with Crippen LogP contribution in [-0.2, 0) is 27.4 Å². The van der Waals surface area contributed by atoms with Crippen LogP contribution in [0.4, 0.5) is 8.78 Å². The van der Waals surface area contributed by atoms with E-state index in [1.807, 2.05) is 114 Å². The molecule has 0 spiro atoms. The third-order valence-corrected chi connectivity index (χ3v) is 7.87. The molecular weight excluding hydrogens is 486 g/mol. The standard InChI is InChI=1S/C22H20F2O3S2.3C2H6/c1-17(22(23,24)29(25,26)27)16-18-12-14-21(15-13-18)28(19-8-4-2-5-9-19)20-10-6-3-7-11-20;3*1-2/h2-15,17H,16H2,1H3;3*1-2H3. The van der Waals surface area contributed by atoms with Crippen molar-refractivity contribution in [3.8, 4) is 0 Å². The van der Waals surface area contributed by atoms with Crippen LogP contribution in [0.25, 0.3) is 0 Å². The zero-order valence-electron chi connectivity index (χ0n) is 21.7. The maximum absolute atomic E-state index is 13.8. The Bertz CT molecular complexity index is 1000. The highest BCUT2D eigenvalue weighted by Crippen LogP contribution is 2.34. The second kappa shape index (κ2) is 16.5. The second-order valence-electron chi connectivity index (χ2n) is 6.70. The number of rotatable bonds is 7. The van der Waals surface area contributed by atoms with E-state index in [4.69, 9.17) is 0 Å². The Morgan fingerprint density at radius 2 is 1.06 bits per heavy atom. The van der Waals surface area contributed by atoms with Gasteiger partial charge < -0.3 is 4.55 Å². The minimum Gasteiger partial charge on any atom is -0.743 e. The summed E-state index contributed by atoms with van der Waals surface area (Å²) in [7, 11) is -6.06. The first-order valence-corrected chi connectivity index (χ1v) is 14.6. The fraction of sp³-hybridized carbons (Fsp3) is 0.357. The quantitative estimate of drug-likeness (QED) is 0.231. The van der Waals surface area contributed by atoms with Crippen LogP contribution in [0, 0.1) is 5.92 Å². The first kappa shape index (κ1) is 32.8. The molecule has 0 saturated carbocycles. The second-order valence-corrected chi connectivity index (χ2v) is 10.2. The zero-order chi connectivity index (χ0) is 27.1. The van der Waals surface area contributed by atoms with E-state index >= 15 is 0 Å². The lowest BCUT2D eigenvalue weighted by Crippen LogP contribution is -2.36. The van der Waals surface area contributed by atoms with E-state index in [1.54, 1.807) is 12.1 Å². The largest absolute Gasteiger partial charge is 0.743 e. The molecule has 3 aromatic rings. The number of hydrogen-bond donors (Lipinski definition) is 0. The van der Waals surface area contributed by atoms with Gasteiger partial charge in [0.2, 0.25) is 0 Å². The third-order valence-electron chi connectivity index (χ3n) is 4.57. The summed E-state index contributed by atoms with van der Waals surface area (Å²) in [5, 5.41) is -4.30. The minimum absolute atomic E-state index is 0.209. The van der Waals surface area contributed by atoms with Crippen LogP contribution < -0.4 is 0 Å². The molecule has 0 aliphatic heterocycles. The molecule has 1 unspecified atom stereocenters. The van der Waals surface area contributed by atoms with E-state index in [9.17, 15) is 21.8 Å². The number of alkyl halides is 2. The molecule has 1 atom stereocenters. The van der Waals surface area contributed by atoms with E-state index in [2.05, 4.69) is 0 Å². The molecule has 0 N–H and O–H groups in total. The molecule has 0 aliphatic carbocycles. The van der Waals surface area contributed by atoms with Crippen molar-refractivity contribution in [3.05, 3.63) is 90.5 Å². The molecule has 0 bridgehead atoms. The Morgan fingerprint density at radius 1 is 0.714 bits per heavy atom. The normalized spacial score (nSPS) is 11.6. The molecule has 0 saturated heterocycles. The predicted molar refractivity (Wildman–Crippen MR) is 143 cm³/mol. The summed E-state index contributed by atoms with van der Waals surface area (Å²) >= 11 is 0. The van der Waals surface area contributed by atoms with Crippen LogP contribution in [0.1, 0.15) is 54.0 Å². The average Bonchev–Trinajstić information content (AvgIpc) is 2.89. The maximum Gasteiger partial charge on any atom is 0.337 e. The highest BCUT2D eigenvalue weighted by Gasteiger charge is 2.43. The van der Waals surface area contributed by atoms with Crippen LogP contribution in [0.15, 0.2) is 99.6 Å². The maximum atomic E-state index is 13.8. The summed E-state index contributed by atoms with van der Waals surface area (Å²) < 4.78 is 60.0. The van der Waals surface area contributed by atoms with Crippen LogP contribution in [0.2, 0.25) is 0 Å². The van der Waals surface area contributed by atoms with Crippen molar-refractivity contribution in [1.82, 2.24) is 0 Å². The molecule has 0 aromatic heterocycles. The summed E-state index contributed by atoms with van der Waals surface area (Å²) in [6.07, 6.45) is -0.209. The molecule has 3 rings (SSSR count). The first-order valence-electron chi connectivity index (χ1n) is 12.0. The van der Waals surface area contributed by atoms with Gasteiger partial charge in [0.15, 0.2) is 24.8 Å². The van der Waals surface area contributed by atoms with E-state index in [0.717, 1.165) is 21.6 Å². The van der Waals surface area contributed by atoms with E-state index < -0.39 is 21.3 Å². The van der Waals surface area contributed by atoms with Crippen molar-refractivity contribution in [2.24, 2.45) is 5.92 Å². The van der Waals surface area contributed by atoms with Gasteiger partial charge in [0, 0.05) is 5.92 Å². The Morgan fingerprint density at radius 3 is 1.40 bits per heavy atom. The number of halogens is 2. The summed E-state index contributed by atoms with van der Waals surface area (Å²) in [6, 6.07) is 27.1. The van der Waals surface area contributed by atoms with Crippen molar-refractivity contribution < 1.29 is 21.8 Å². The predicted octanol–water partition coefficient (Wildman–Crippen LogP) is 8.18. The van der Waals surface area contributed by atoms with Gasteiger partial charge >= 0.3 is 5.25 Å². The molecule has 3 aromatic carbocycles. The third kappa shape index (κ3) is 9.39. The van der Waals surface area contributed by atoms with Gasteiger partial charge in [-0.25, -0.2) is 8.42 Å². The topological polar surface area (TPSA) is 57.2 Å². The lowest BCUT2D eigenvalue weighted by atomic mass is 10.0. The SMILES string of the molecule is CC.CC.CC.CC(Cc1ccc([S+](c2ccccc2)c2ccccc2)cc1)C(F)(F)S(=O)(=O)[O-]. The molecule has 0 heterocycles. The fourth-order valence-corrected chi connectivity index (χ4v) is 5.66. The van der Waals surface area contributed by atoms with Crippen molar-refractivity contribution in [3.63, 3.8) is 0 Å². The minimum atomic E-state index is -5.70. The summed E-state index contributed by atoms with van der Waals surface area (Å²) in [6.45, 7) is 13.1. The zero-order valence-corrected chi connectivity index (χ0v) is 23.3. The molecule has 0 aliphatic rings. The number of hydrogen-bond acceptors (Lipinski definition) is 3. The van der Waals surface area contributed by atoms with Crippen molar-refractivity contribution in [2.45, 2.75) is 74.8 Å². The number of benzene rings is 3. The summed E-state index contributed by atoms with van der Waals surface area (Å²) in [5.41, 5.74) is 0.550. The summed E-state index contributed by atoms with van der Waals surface area (Å²) in [5.74, 6) is -1.61. The van der Waals surface area contributed by atoms with Gasteiger partial charge in [-0.2, -0.15) is 8.78 Å². The highest BCUT2D eigenvalue weighted by molar-refractivity contribution is 7.97. The van der Waals surface area contributed by atoms with Gasteiger partial charge in [-0.05, 0) is 48.4 Å². The molecular formula is C28H38F2O3S2. The molecule has 35 heavy (non-hydrogen) atoms. The monoisotopic (exact) mass is 524 g/mol. The molecule has 7 heteroatoms. The fourth-order valence-electron chi connectivity index (χ4n) is 3.00. The van der Waals surface area contributed by atoms with Crippen LogP contribution in [0.3, 0.4) is 0 Å². The highest BCUT2D eigenvalue weighted by atomic mass is 32.2. The van der Waals surface area contributed by atoms with Crippen molar-refractivity contribution in [2.75, 3.05) is 0 Å². The van der Waals surface area contributed by atoms with Gasteiger partial charge in [-0.15, -0.1) is 0 Å². The molecule has 0 amide bonds. The Hall–Kier alpha value is -2.22. The van der Waals surface area contributed by atoms with Gasteiger partial charge in [0.25, 0.3) is 0 Å². The Kier molecular flexibility index (Phi) is 15.4. The van der Waals surface area contributed by atoms with Crippen molar-refractivity contribution >= 4 is 21.0 Å². The molecule has 0 radical (unpaired) electrons. The smallest absolute Gasteiger partial charge is 0.337 e. The average molecular weight is 525 g/mol. The summed E-state index contributed by atoms with van der Waals surface area (Å²) in [4.78, 5) is 3.27. The van der Waals surface area contributed by atoms with Crippen LogP contribution >= 0.6 is 0 Å². The van der Waals surface area contributed by atoms with Gasteiger partial charge in [-0.1, -0.05) is 97.0 Å². The first-order chi connectivity index (χ1) is 16.7. The molecule has 194 valence electrons. The molecule has 3 nitrogen and oxygen atoms in total. The van der Waals surface area contributed by atoms with E-state index in [0.29, 0.717) is 5.56 Å². The van der Waals surface area contributed by atoms with Crippen molar-refractivity contribution in [1.29, 1.82) is 0 Å². The Balaban J connectivity index is 0.00000179. The van der Waals surface area contributed by atoms with Gasteiger partial charge in [0.1, 0.15) is 0 Å². The van der Waals surface area contributed by atoms with E-state index in [1.165, 1.54) is 0 Å². The lowest BCUT2D eigenvalue weighted by Gasteiger charge is -2.26. The lowest BCUT2D eigenvalue weighted by molar-refractivity contribution is 0.0244. The molecule has 0 fully saturated rings. The van der Waals surface area contributed by atoms with E-state index in [-0.39, 0.29) is 17.3 Å². The van der Waals surface area contributed by atoms with Crippen LogP contribution in [-0.4, -0.2) is 18.2 Å². The Labute approximate surface area is 213 Å². The van der Waals surface area contributed by atoms with Gasteiger partial charge in [0.05, 0.1) is 10.9 Å².